The zero-order chi connectivity index (χ0) is 19.0. The Kier molecular flexibility index (Phi) is 4.72. The summed E-state index contributed by atoms with van der Waals surface area (Å²) in [7, 11) is 0. The quantitative estimate of drug-likeness (QED) is 0.403. The largest absolute Gasteiger partial charge is 0.324 e. The monoisotopic (exact) mass is 440 g/mol. The van der Waals surface area contributed by atoms with Crippen LogP contribution in [0.3, 0.4) is 0 Å². The summed E-state index contributed by atoms with van der Waals surface area (Å²) < 4.78 is 2.97. The molecule has 0 atom stereocenters. The number of pyridine rings is 1. The van der Waals surface area contributed by atoms with E-state index in [0.29, 0.717) is 0 Å². The SMILES string of the molecule is Cc1cc(C)c2c(-n3cccc3)c(NC(=O)Nc3ccc(Br)cc3)sc2n1. The number of halogens is 1. The van der Waals surface area contributed by atoms with Crippen LogP contribution < -0.4 is 10.6 Å². The van der Waals surface area contributed by atoms with Gasteiger partial charge in [-0.3, -0.25) is 5.32 Å². The molecule has 27 heavy (non-hydrogen) atoms. The van der Waals surface area contributed by atoms with Crippen LogP contribution in [0, 0.1) is 13.8 Å². The van der Waals surface area contributed by atoms with Crippen LogP contribution in [0.15, 0.2) is 59.3 Å². The number of benzene rings is 1. The number of nitrogens with one attached hydrogen (secondary N) is 2. The maximum atomic E-state index is 12.6. The smallest absolute Gasteiger partial charge is 0.321 e. The van der Waals surface area contributed by atoms with Crippen molar-refractivity contribution < 1.29 is 4.79 Å². The highest BCUT2D eigenvalue weighted by Gasteiger charge is 2.18. The second-order valence-electron chi connectivity index (χ2n) is 6.22. The van der Waals surface area contributed by atoms with Crippen LogP contribution in [0.5, 0.6) is 0 Å². The molecule has 0 aliphatic carbocycles. The number of carbonyl (C=O) groups is 1. The number of rotatable bonds is 3. The Morgan fingerprint density at radius 1 is 1.11 bits per heavy atom. The fraction of sp³-hybridized carbons (Fsp3) is 0.100. The third-order valence-corrected chi connectivity index (χ3v) is 5.67. The van der Waals surface area contributed by atoms with E-state index in [9.17, 15) is 4.79 Å². The second kappa shape index (κ2) is 7.17. The molecule has 1 aromatic carbocycles. The zero-order valence-corrected chi connectivity index (χ0v) is 17.2. The molecule has 0 unspecified atom stereocenters. The van der Waals surface area contributed by atoms with Gasteiger partial charge in [0.1, 0.15) is 9.83 Å². The molecule has 0 spiro atoms. The summed E-state index contributed by atoms with van der Waals surface area (Å²) in [6, 6.07) is 13.2. The first-order valence-electron chi connectivity index (χ1n) is 8.39. The van der Waals surface area contributed by atoms with Crippen LogP contribution in [-0.4, -0.2) is 15.6 Å². The fourth-order valence-corrected chi connectivity index (χ4v) is 4.49. The number of hydrogen-bond donors (Lipinski definition) is 2. The molecule has 0 radical (unpaired) electrons. The first kappa shape index (κ1) is 17.8. The molecular formula is C20H17BrN4OS. The predicted octanol–water partition coefficient (Wildman–Crippen LogP) is 6.11. The van der Waals surface area contributed by atoms with Gasteiger partial charge in [-0.15, -0.1) is 0 Å². The average Bonchev–Trinajstić information content (AvgIpc) is 3.24. The van der Waals surface area contributed by atoms with E-state index in [4.69, 9.17) is 0 Å². The topological polar surface area (TPSA) is 59.0 Å². The van der Waals surface area contributed by atoms with Gasteiger partial charge in [0.05, 0.1) is 5.69 Å². The maximum Gasteiger partial charge on any atom is 0.324 e. The van der Waals surface area contributed by atoms with E-state index in [0.717, 1.165) is 42.3 Å². The number of anilines is 2. The minimum atomic E-state index is -0.286. The molecule has 0 saturated carbocycles. The van der Waals surface area contributed by atoms with Gasteiger partial charge >= 0.3 is 6.03 Å². The van der Waals surface area contributed by atoms with Crippen molar-refractivity contribution in [1.82, 2.24) is 9.55 Å². The standard InChI is InChI=1S/C20H17BrN4OS/c1-12-11-13(2)22-18-16(12)17(25-9-3-4-10-25)19(27-18)24-20(26)23-15-7-5-14(21)6-8-15/h3-11H,1-2H3,(H2,23,24,26). The first-order valence-corrected chi connectivity index (χ1v) is 10.00. The number of urea groups is 1. The number of fused-ring (bicyclic) bond motifs is 1. The third-order valence-electron chi connectivity index (χ3n) is 4.15. The van der Waals surface area contributed by atoms with Crippen molar-refractivity contribution in [3.63, 3.8) is 0 Å². The number of aromatic nitrogens is 2. The number of aryl methyl sites for hydroxylation is 2. The Balaban J connectivity index is 1.72. The molecule has 136 valence electrons. The molecule has 0 aliphatic rings. The molecule has 3 heterocycles. The molecule has 5 nitrogen and oxygen atoms in total. The van der Waals surface area contributed by atoms with Crippen LogP contribution in [0.25, 0.3) is 15.9 Å². The van der Waals surface area contributed by atoms with Crippen molar-refractivity contribution in [3.05, 3.63) is 70.6 Å². The summed E-state index contributed by atoms with van der Waals surface area (Å²) in [5.41, 5.74) is 3.77. The number of amides is 2. The summed E-state index contributed by atoms with van der Waals surface area (Å²) >= 11 is 4.87. The Morgan fingerprint density at radius 2 is 1.81 bits per heavy atom. The summed E-state index contributed by atoms with van der Waals surface area (Å²) in [5, 5.41) is 7.68. The van der Waals surface area contributed by atoms with Crippen LogP contribution in [-0.2, 0) is 0 Å². The molecule has 2 amide bonds. The normalized spacial score (nSPS) is 10.9. The average molecular weight is 441 g/mol. The summed E-state index contributed by atoms with van der Waals surface area (Å²) in [6.45, 7) is 4.05. The van der Waals surface area contributed by atoms with Gasteiger partial charge in [0.15, 0.2) is 0 Å². The summed E-state index contributed by atoms with van der Waals surface area (Å²) in [6.07, 6.45) is 3.94. The first-order chi connectivity index (χ1) is 13.0. The number of hydrogen-bond acceptors (Lipinski definition) is 3. The lowest BCUT2D eigenvalue weighted by Gasteiger charge is -2.10. The Morgan fingerprint density at radius 3 is 2.52 bits per heavy atom. The van der Waals surface area contributed by atoms with Crippen LogP contribution in [0.4, 0.5) is 15.5 Å². The molecule has 2 N–H and O–H groups in total. The second-order valence-corrected chi connectivity index (χ2v) is 8.13. The minimum absolute atomic E-state index is 0.286. The fourth-order valence-electron chi connectivity index (χ4n) is 3.04. The van der Waals surface area contributed by atoms with Gasteiger partial charge in [-0.05, 0) is 61.9 Å². The van der Waals surface area contributed by atoms with Gasteiger partial charge in [-0.25, -0.2) is 9.78 Å². The van der Waals surface area contributed by atoms with Gasteiger partial charge < -0.3 is 9.88 Å². The summed E-state index contributed by atoms with van der Waals surface area (Å²) in [5.74, 6) is 0. The lowest BCUT2D eigenvalue weighted by molar-refractivity contribution is 0.262. The number of thiophene rings is 1. The Hall–Kier alpha value is -2.64. The van der Waals surface area contributed by atoms with Gasteiger partial charge in [0.25, 0.3) is 0 Å². The van der Waals surface area contributed by atoms with Gasteiger partial charge in [-0.2, -0.15) is 0 Å². The van der Waals surface area contributed by atoms with Crippen LogP contribution in [0.1, 0.15) is 11.3 Å². The Bertz CT molecular complexity index is 1120. The molecule has 4 aromatic rings. The molecule has 0 bridgehead atoms. The van der Waals surface area contributed by atoms with E-state index < -0.39 is 0 Å². The van der Waals surface area contributed by atoms with Gasteiger partial charge in [0.2, 0.25) is 0 Å². The summed E-state index contributed by atoms with van der Waals surface area (Å²) in [4.78, 5) is 18.1. The molecule has 7 heteroatoms. The molecule has 0 fully saturated rings. The van der Waals surface area contributed by atoms with Crippen molar-refractivity contribution in [1.29, 1.82) is 0 Å². The highest BCUT2D eigenvalue weighted by atomic mass is 79.9. The van der Waals surface area contributed by atoms with E-state index in [1.165, 1.54) is 11.3 Å². The lowest BCUT2D eigenvalue weighted by Crippen LogP contribution is -2.19. The van der Waals surface area contributed by atoms with Crippen molar-refractivity contribution in [3.8, 4) is 5.69 Å². The highest BCUT2D eigenvalue weighted by molar-refractivity contribution is 9.10. The van der Waals surface area contributed by atoms with Crippen molar-refractivity contribution in [2.75, 3.05) is 10.6 Å². The van der Waals surface area contributed by atoms with Crippen molar-refractivity contribution >= 4 is 54.2 Å². The van der Waals surface area contributed by atoms with E-state index in [1.807, 2.05) is 60.3 Å². The predicted molar refractivity (Wildman–Crippen MR) is 115 cm³/mol. The number of nitrogens with zero attached hydrogens (tertiary/aromatic N) is 2. The van der Waals surface area contributed by atoms with E-state index in [1.54, 1.807) is 0 Å². The lowest BCUT2D eigenvalue weighted by atomic mass is 10.1. The third kappa shape index (κ3) is 3.61. The molecular weight excluding hydrogens is 424 g/mol. The number of carbonyl (C=O) groups excluding carboxylic acids is 1. The van der Waals surface area contributed by atoms with Crippen molar-refractivity contribution in [2.24, 2.45) is 0 Å². The van der Waals surface area contributed by atoms with E-state index in [2.05, 4.69) is 44.5 Å². The van der Waals surface area contributed by atoms with Gasteiger partial charge in [0, 0.05) is 33.6 Å². The molecule has 3 aromatic heterocycles. The highest BCUT2D eigenvalue weighted by Crippen LogP contribution is 2.39. The van der Waals surface area contributed by atoms with Crippen molar-refractivity contribution in [2.45, 2.75) is 13.8 Å². The van der Waals surface area contributed by atoms with Crippen LogP contribution >= 0.6 is 27.3 Å². The van der Waals surface area contributed by atoms with E-state index >= 15 is 0 Å². The van der Waals surface area contributed by atoms with Gasteiger partial charge in [-0.1, -0.05) is 27.3 Å². The van der Waals surface area contributed by atoms with E-state index in [-0.39, 0.29) is 6.03 Å². The molecule has 4 rings (SSSR count). The maximum absolute atomic E-state index is 12.6. The van der Waals surface area contributed by atoms with Crippen LogP contribution in [0.2, 0.25) is 0 Å². The Labute approximate surface area is 169 Å². The zero-order valence-electron chi connectivity index (χ0n) is 14.8. The molecule has 0 saturated heterocycles. The molecule has 0 aliphatic heterocycles. The minimum Gasteiger partial charge on any atom is -0.321 e.